The largest absolute Gasteiger partial charge is 0.342 e. The lowest BCUT2D eigenvalue weighted by Crippen LogP contribution is -2.39. The maximum atomic E-state index is 12.7. The van der Waals surface area contributed by atoms with Crippen LogP contribution in [0.1, 0.15) is 39.9 Å². The van der Waals surface area contributed by atoms with E-state index in [4.69, 9.17) is 0 Å². The molecule has 0 radical (unpaired) electrons. The van der Waals surface area contributed by atoms with E-state index in [1.165, 1.54) is 5.56 Å². The number of nitrogens with zero attached hydrogens (tertiary/aromatic N) is 3. The van der Waals surface area contributed by atoms with E-state index in [1.54, 1.807) is 11.3 Å². The Hall–Kier alpha value is -2.53. The van der Waals surface area contributed by atoms with Crippen molar-refractivity contribution in [3.05, 3.63) is 81.8 Å². The average molecular weight is 378 g/mol. The van der Waals surface area contributed by atoms with Crippen LogP contribution in [-0.2, 0) is 17.6 Å². The number of likely N-dealkylation sites (tertiary alicyclic amines) is 1. The third-order valence-electron chi connectivity index (χ3n) is 5.00. The highest BCUT2D eigenvalue weighted by Gasteiger charge is 2.27. The van der Waals surface area contributed by atoms with E-state index in [0.717, 1.165) is 47.9 Å². The summed E-state index contributed by atoms with van der Waals surface area (Å²) in [5.41, 5.74) is 2.33. The van der Waals surface area contributed by atoms with Crippen LogP contribution in [0.15, 0.2) is 60.7 Å². The Bertz CT molecular complexity index is 879. The number of aromatic nitrogens is 2. The molecule has 138 valence electrons. The summed E-state index contributed by atoms with van der Waals surface area (Å²) in [6.07, 6.45) is 3.40. The molecule has 0 saturated carbocycles. The molecule has 4 rings (SSSR count). The predicted octanol–water partition coefficient (Wildman–Crippen LogP) is 4.08. The van der Waals surface area contributed by atoms with Crippen LogP contribution in [0, 0.1) is 0 Å². The molecule has 0 spiro atoms. The van der Waals surface area contributed by atoms with Gasteiger partial charge in [-0.25, -0.2) is 0 Å². The lowest BCUT2D eigenvalue weighted by atomic mass is 9.98. The molecule has 1 amide bonds. The number of hydrogen-bond acceptors (Lipinski definition) is 4. The van der Waals surface area contributed by atoms with Gasteiger partial charge in [0.15, 0.2) is 0 Å². The Kier molecular flexibility index (Phi) is 5.58. The van der Waals surface area contributed by atoms with Crippen LogP contribution in [0.2, 0.25) is 0 Å². The second-order valence-corrected chi connectivity index (χ2v) is 8.13. The van der Waals surface area contributed by atoms with E-state index in [1.807, 2.05) is 41.3 Å². The van der Waals surface area contributed by atoms with Crippen molar-refractivity contribution in [2.24, 2.45) is 0 Å². The monoisotopic (exact) mass is 377 g/mol. The molecule has 1 fully saturated rings. The molecule has 1 aliphatic heterocycles. The molecule has 27 heavy (non-hydrogen) atoms. The first-order chi connectivity index (χ1) is 13.3. The van der Waals surface area contributed by atoms with E-state index < -0.39 is 0 Å². The molecular formula is C22H23N3OS. The van der Waals surface area contributed by atoms with Gasteiger partial charge in [0.25, 0.3) is 0 Å². The van der Waals surface area contributed by atoms with Crippen molar-refractivity contribution < 1.29 is 4.79 Å². The molecule has 0 aliphatic carbocycles. The van der Waals surface area contributed by atoms with Crippen molar-refractivity contribution in [3.63, 3.8) is 0 Å². The summed E-state index contributed by atoms with van der Waals surface area (Å²) < 4.78 is 0. The molecule has 5 heteroatoms. The summed E-state index contributed by atoms with van der Waals surface area (Å²) in [6, 6.07) is 20.3. The standard InChI is InChI=1S/C22H23N3OS/c26-21(15-18-10-5-2-6-11-18)25-13-7-12-19(16-25)22-24-23-20(27-22)14-17-8-3-1-4-9-17/h1-6,8-11,19H,7,12-16H2. The fraction of sp³-hybridized carbons (Fsp3) is 0.318. The summed E-state index contributed by atoms with van der Waals surface area (Å²) in [6.45, 7) is 1.60. The smallest absolute Gasteiger partial charge is 0.227 e. The summed E-state index contributed by atoms with van der Waals surface area (Å²) >= 11 is 1.69. The first kappa shape index (κ1) is 17.9. The Morgan fingerprint density at radius 2 is 1.70 bits per heavy atom. The fourth-order valence-corrected chi connectivity index (χ4v) is 4.56. The van der Waals surface area contributed by atoms with Gasteiger partial charge in [0.05, 0.1) is 6.42 Å². The Morgan fingerprint density at radius 3 is 2.44 bits per heavy atom. The fourth-order valence-electron chi connectivity index (χ4n) is 3.56. The summed E-state index contributed by atoms with van der Waals surface area (Å²) in [5.74, 6) is 0.514. The topological polar surface area (TPSA) is 46.1 Å². The second-order valence-electron chi connectivity index (χ2n) is 7.04. The molecule has 1 saturated heterocycles. The number of hydrogen-bond donors (Lipinski definition) is 0. The normalized spacial score (nSPS) is 17.0. The zero-order valence-corrected chi connectivity index (χ0v) is 16.1. The number of rotatable bonds is 5. The van der Waals surface area contributed by atoms with E-state index in [2.05, 4.69) is 34.5 Å². The van der Waals surface area contributed by atoms with Crippen molar-refractivity contribution in [2.45, 2.75) is 31.6 Å². The van der Waals surface area contributed by atoms with Crippen LogP contribution >= 0.6 is 11.3 Å². The van der Waals surface area contributed by atoms with Crippen LogP contribution in [0.4, 0.5) is 0 Å². The molecule has 1 atom stereocenters. The van der Waals surface area contributed by atoms with Crippen molar-refractivity contribution in [1.82, 2.24) is 15.1 Å². The van der Waals surface area contributed by atoms with Gasteiger partial charge in [0, 0.05) is 25.4 Å². The maximum absolute atomic E-state index is 12.7. The molecule has 2 heterocycles. The molecule has 0 bridgehead atoms. The van der Waals surface area contributed by atoms with Gasteiger partial charge in [-0.3, -0.25) is 4.79 Å². The van der Waals surface area contributed by atoms with Gasteiger partial charge in [0.2, 0.25) is 5.91 Å². The zero-order chi connectivity index (χ0) is 18.5. The molecule has 1 aromatic heterocycles. The lowest BCUT2D eigenvalue weighted by Gasteiger charge is -2.31. The molecule has 1 aliphatic rings. The highest BCUT2D eigenvalue weighted by atomic mass is 32.1. The number of benzene rings is 2. The first-order valence-corrected chi connectivity index (χ1v) is 10.3. The van der Waals surface area contributed by atoms with Crippen LogP contribution in [0.3, 0.4) is 0 Å². The van der Waals surface area contributed by atoms with E-state index in [9.17, 15) is 4.79 Å². The molecule has 2 aromatic carbocycles. The first-order valence-electron chi connectivity index (χ1n) is 9.46. The minimum absolute atomic E-state index is 0.208. The quantitative estimate of drug-likeness (QED) is 0.673. The van der Waals surface area contributed by atoms with Gasteiger partial charge in [0.1, 0.15) is 10.0 Å². The second kappa shape index (κ2) is 8.44. The van der Waals surface area contributed by atoms with Gasteiger partial charge in [-0.15, -0.1) is 21.5 Å². The van der Waals surface area contributed by atoms with E-state index in [0.29, 0.717) is 12.3 Å². The maximum Gasteiger partial charge on any atom is 0.227 e. The van der Waals surface area contributed by atoms with Crippen molar-refractivity contribution >= 4 is 17.2 Å². The van der Waals surface area contributed by atoms with E-state index in [-0.39, 0.29) is 5.91 Å². The predicted molar refractivity (Wildman–Crippen MR) is 108 cm³/mol. The molecule has 4 nitrogen and oxygen atoms in total. The Balaban J connectivity index is 1.39. The minimum atomic E-state index is 0.208. The molecule has 0 N–H and O–H groups in total. The highest BCUT2D eigenvalue weighted by molar-refractivity contribution is 7.11. The number of piperidine rings is 1. The number of carbonyl (C=O) groups excluding carboxylic acids is 1. The van der Waals surface area contributed by atoms with Gasteiger partial charge in [-0.05, 0) is 24.0 Å². The molecule has 3 aromatic rings. The Morgan fingerprint density at radius 1 is 1.00 bits per heavy atom. The summed E-state index contributed by atoms with van der Waals surface area (Å²) in [7, 11) is 0. The van der Waals surface area contributed by atoms with Gasteiger partial charge in [-0.1, -0.05) is 60.7 Å². The van der Waals surface area contributed by atoms with Crippen LogP contribution in [0.25, 0.3) is 0 Å². The van der Waals surface area contributed by atoms with Crippen molar-refractivity contribution in [1.29, 1.82) is 0 Å². The highest BCUT2D eigenvalue weighted by Crippen LogP contribution is 2.30. The van der Waals surface area contributed by atoms with Gasteiger partial charge < -0.3 is 4.90 Å². The van der Waals surface area contributed by atoms with Crippen LogP contribution in [0.5, 0.6) is 0 Å². The number of carbonyl (C=O) groups is 1. The van der Waals surface area contributed by atoms with Gasteiger partial charge >= 0.3 is 0 Å². The van der Waals surface area contributed by atoms with Crippen LogP contribution < -0.4 is 0 Å². The minimum Gasteiger partial charge on any atom is -0.342 e. The van der Waals surface area contributed by atoms with Gasteiger partial charge in [-0.2, -0.15) is 0 Å². The van der Waals surface area contributed by atoms with Crippen molar-refractivity contribution in [2.75, 3.05) is 13.1 Å². The molecule has 1 unspecified atom stereocenters. The lowest BCUT2D eigenvalue weighted by molar-refractivity contribution is -0.131. The molecular weight excluding hydrogens is 354 g/mol. The SMILES string of the molecule is O=C(Cc1ccccc1)N1CCCC(c2nnc(Cc3ccccc3)s2)C1. The number of amides is 1. The third-order valence-corrected chi connectivity index (χ3v) is 6.09. The van der Waals surface area contributed by atoms with Crippen molar-refractivity contribution in [3.8, 4) is 0 Å². The average Bonchev–Trinajstić information content (AvgIpc) is 3.18. The van der Waals surface area contributed by atoms with Crippen LogP contribution in [-0.4, -0.2) is 34.1 Å². The zero-order valence-electron chi connectivity index (χ0n) is 15.3. The summed E-state index contributed by atoms with van der Waals surface area (Å²) in [5, 5.41) is 10.9. The Labute approximate surface area is 163 Å². The third kappa shape index (κ3) is 4.61. The van der Waals surface area contributed by atoms with E-state index >= 15 is 0 Å². The summed E-state index contributed by atoms with van der Waals surface area (Å²) in [4.78, 5) is 14.7.